The largest absolute Gasteiger partial charge is 0.324 e. The summed E-state index contributed by atoms with van der Waals surface area (Å²) in [6, 6.07) is 1.93. The van der Waals surface area contributed by atoms with E-state index in [-0.39, 0.29) is 18.4 Å². The summed E-state index contributed by atoms with van der Waals surface area (Å²) in [6.45, 7) is 15.9. The maximum atomic E-state index is 7.62. The van der Waals surface area contributed by atoms with E-state index in [4.69, 9.17) is 11.0 Å². The van der Waals surface area contributed by atoms with Crippen LogP contribution in [0.2, 0.25) is 0 Å². The molecule has 7 atom stereocenters. The SMILES string of the molecule is C.CC.CCC#N.CCCCC1CCC2C1(C)C=CC1(C)C3(C)CCCCC3CCC21N. The number of nitrogens with two attached hydrogens (primary N) is 1. The number of unbranched alkanes of at least 4 members (excludes halogenated alkanes) is 1. The molecule has 2 nitrogen and oxygen atoms in total. The fourth-order valence-electron chi connectivity index (χ4n) is 8.23. The lowest BCUT2D eigenvalue weighted by Gasteiger charge is -2.68. The van der Waals surface area contributed by atoms with Gasteiger partial charge in [0.25, 0.3) is 0 Å². The number of rotatable bonds is 3. The van der Waals surface area contributed by atoms with Crippen molar-refractivity contribution in [3.05, 3.63) is 12.2 Å². The number of nitrogens with zero attached hydrogens (tertiary/aromatic N) is 1. The van der Waals surface area contributed by atoms with Crippen LogP contribution in [0.3, 0.4) is 0 Å². The first-order valence-electron chi connectivity index (χ1n) is 13.6. The molecule has 4 rings (SSSR count). The van der Waals surface area contributed by atoms with Gasteiger partial charge in [0, 0.05) is 17.4 Å². The van der Waals surface area contributed by atoms with Crippen LogP contribution in [0.4, 0.5) is 0 Å². The van der Waals surface area contributed by atoms with Crippen molar-refractivity contribution < 1.29 is 0 Å². The first-order chi connectivity index (χ1) is 14.7. The van der Waals surface area contributed by atoms with Crippen molar-refractivity contribution in [2.75, 3.05) is 0 Å². The van der Waals surface area contributed by atoms with E-state index in [1.165, 1.54) is 70.6 Å². The van der Waals surface area contributed by atoms with Crippen LogP contribution in [0.1, 0.15) is 133 Å². The van der Waals surface area contributed by atoms with Gasteiger partial charge < -0.3 is 5.73 Å². The maximum Gasteiger partial charge on any atom is 0.0618 e. The van der Waals surface area contributed by atoms with Crippen molar-refractivity contribution in [2.24, 2.45) is 39.7 Å². The van der Waals surface area contributed by atoms with Crippen molar-refractivity contribution in [1.82, 2.24) is 0 Å². The quantitative estimate of drug-likeness (QED) is 0.441. The minimum atomic E-state index is 0. The molecule has 0 radical (unpaired) electrons. The highest BCUT2D eigenvalue weighted by Gasteiger charge is 2.68. The summed E-state index contributed by atoms with van der Waals surface area (Å²) in [4.78, 5) is 0. The van der Waals surface area contributed by atoms with Gasteiger partial charge in [-0.25, -0.2) is 0 Å². The molecule has 3 saturated carbocycles. The van der Waals surface area contributed by atoms with Crippen molar-refractivity contribution in [1.29, 1.82) is 5.26 Å². The molecule has 0 saturated heterocycles. The van der Waals surface area contributed by atoms with Gasteiger partial charge in [-0.05, 0) is 73.5 Å². The molecule has 2 heteroatoms. The van der Waals surface area contributed by atoms with Gasteiger partial charge in [-0.3, -0.25) is 0 Å². The van der Waals surface area contributed by atoms with Gasteiger partial charge in [0.2, 0.25) is 0 Å². The summed E-state index contributed by atoms with van der Waals surface area (Å²) >= 11 is 0. The van der Waals surface area contributed by atoms with E-state index in [2.05, 4.69) is 39.8 Å². The lowest BCUT2D eigenvalue weighted by Crippen LogP contribution is -2.71. The summed E-state index contributed by atoms with van der Waals surface area (Å²) in [5.74, 6) is 2.45. The van der Waals surface area contributed by atoms with Gasteiger partial charge >= 0.3 is 0 Å². The molecule has 0 aliphatic heterocycles. The van der Waals surface area contributed by atoms with Crippen LogP contribution in [-0.2, 0) is 0 Å². The molecular formula is C30H56N2. The van der Waals surface area contributed by atoms with Crippen LogP contribution in [0.25, 0.3) is 0 Å². The minimum absolute atomic E-state index is 0. The van der Waals surface area contributed by atoms with Crippen molar-refractivity contribution in [3.63, 3.8) is 0 Å². The smallest absolute Gasteiger partial charge is 0.0618 e. The highest BCUT2D eigenvalue weighted by molar-refractivity contribution is 5.32. The second-order valence-corrected chi connectivity index (χ2v) is 11.3. The van der Waals surface area contributed by atoms with E-state index in [1.54, 1.807) is 0 Å². The minimum Gasteiger partial charge on any atom is -0.324 e. The Kier molecular flexibility index (Phi) is 10.5. The normalized spacial score (nSPS) is 43.5. The zero-order chi connectivity index (χ0) is 23.3. The summed E-state index contributed by atoms with van der Waals surface area (Å²) < 4.78 is 0. The Morgan fingerprint density at radius 2 is 1.62 bits per heavy atom. The van der Waals surface area contributed by atoms with Gasteiger partial charge in [0.05, 0.1) is 6.07 Å². The van der Waals surface area contributed by atoms with Crippen LogP contribution >= 0.6 is 0 Å². The van der Waals surface area contributed by atoms with Crippen LogP contribution < -0.4 is 5.73 Å². The van der Waals surface area contributed by atoms with E-state index < -0.39 is 0 Å². The number of nitriles is 1. The highest BCUT2D eigenvalue weighted by atomic mass is 14.9. The second-order valence-electron chi connectivity index (χ2n) is 11.3. The lowest BCUT2D eigenvalue weighted by molar-refractivity contribution is -0.130. The first kappa shape index (κ1) is 29.2. The van der Waals surface area contributed by atoms with E-state index >= 15 is 0 Å². The number of hydrogen-bond donors (Lipinski definition) is 1. The van der Waals surface area contributed by atoms with Crippen LogP contribution in [0, 0.1) is 45.3 Å². The molecule has 0 aromatic rings. The Labute approximate surface area is 201 Å². The van der Waals surface area contributed by atoms with Crippen molar-refractivity contribution in [2.45, 2.75) is 138 Å². The second kappa shape index (κ2) is 11.6. The third-order valence-electron chi connectivity index (χ3n) is 10.4. The summed E-state index contributed by atoms with van der Waals surface area (Å²) in [5, 5.41) is 7.62. The average molecular weight is 445 g/mol. The molecule has 0 heterocycles. The van der Waals surface area contributed by atoms with Crippen LogP contribution in [0.15, 0.2) is 12.2 Å². The van der Waals surface area contributed by atoms with Gasteiger partial charge in [-0.1, -0.05) is 93.7 Å². The van der Waals surface area contributed by atoms with E-state index in [0.29, 0.717) is 23.2 Å². The molecule has 4 aliphatic rings. The van der Waals surface area contributed by atoms with Crippen LogP contribution in [0.5, 0.6) is 0 Å². The van der Waals surface area contributed by atoms with Gasteiger partial charge in [0.1, 0.15) is 0 Å². The average Bonchev–Trinajstić information content (AvgIpc) is 3.13. The molecule has 186 valence electrons. The molecular weight excluding hydrogens is 388 g/mol. The van der Waals surface area contributed by atoms with Gasteiger partial charge in [-0.15, -0.1) is 0 Å². The number of hydrogen-bond acceptors (Lipinski definition) is 2. The molecule has 0 aromatic carbocycles. The molecule has 0 aromatic heterocycles. The fraction of sp³-hybridized carbons (Fsp3) is 0.900. The van der Waals surface area contributed by atoms with E-state index in [0.717, 1.165) is 11.8 Å². The molecule has 32 heavy (non-hydrogen) atoms. The molecule has 4 aliphatic carbocycles. The van der Waals surface area contributed by atoms with Gasteiger partial charge in [0.15, 0.2) is 0 Å². The Morgan fingerprint density at radius 1 is 0.969 bits per heavy atom. The molecule has 0 amide bonds. The number of fused-ring (bicyclic) bond motifs is 5. The predicted molar refractivity (Wildman–Crippen MR) is 141 cm³/mol. The first-order valence-corrected chi connectivity index (χ1v) is 13.6. The Morgan fingerprint density at radius 3 is 2.22 bits per heavy atom. The van der Waals surface area contributed by atoms with Crippen molar-refractivity contribution >= 4 is 0 Å². The fourth-order valence-corrected chi connectivity index (χ4v) is 8.23. The molecule has 0 bridgehead atoms. The molecule has 0 spiro atoms. The van der Waals surface area contributed by atoms with E-state index in [1.807, 2.05) is 26.8 Å². The Hall–Kier alpha value is -0.810. The maximum absolute atomic E-state index is 7.62. The molecule has 7 unspecified atom stereocenters. The zero-order valence-corrected chi connectivity index (χ0v) is 21.9. The third kappa shape index (κ3) is 4.45. The highest BCUT2D eigenvalue weighted by Crippen LogP contribution is 2.71. The summed E-state index contributed by atoms with van der Waals surface area (Å²) in [7, 11) is 0. The van der Waals surface area contributed by atoms with Crippen LogP contribution in [-0.4, -0.2) is 5.54 Å². The third-order valence-corrected chi connectivity index (χ3v) is 10.4. The topological polar surface area (TPSA) is 49.8 Å². The lowest BCUT2D eigenvalue weighted by atomic mass is 9.38. The van der Waals surface area contributed by atoms with E-state index in [9.17, 15) is 0 Å². The van der Waals surface area contributed by atoms with Gasteiger partial charge in [-0.2, -0.15) is 5.26 Å². The Balaban J connectivity index is 0.000000662. The predicted octanol–water partition coefficient (Wildman–Crippen LogP) is 9.06. The van der Waals surface area contributed by atoms with Crippen molar-refractivity contribution in [3.8, 4) is 6.07 Å². The Bertz CT molecular complexity index is 648. The monoisotopic (exact) mass is 444 g/mol. The standard InChI is InChI=1S/C24H41N.C3H5N.C2H6.CH4/c1-5-6-9-18-11-12-20-21(18,2)16-17-23(4)22(3)14-8-7-10-19(22)13-15-24(20,23)25;1-2-3-4;1-2;/h16-20H,5-15,25H2,1-4H3;2H2,1H3;1-2H3;1H4. The number of allylic oxidation sites excluding steroid dienone is 1. The molecule has 3 fully saturated rings. The summed E-state index contributed by atoms with van der Waals surface area (Å²) in [5.41, 5.74) is 8.47. The summed E-state index contributed by atoms with van der Waals surface area (Å²) in [6.07, 6.45) is 21.2. The zero-order valence-electron chi connectivity index (χ0n) is 21.9. The molecule has 2 N–H and O–H groups in total.